The lowest BCUT2D eigenvalue weighted by Gasteiger charge is -2.18. The van der Waals surface area contributed by atoms with E-state index < -0.39 is 11.6 Å². The van der Waals surface area contributed by atoms with Crippen LogP contribution in [0.15, 0.2) is 0 Å². The maximum Gasteiger partial charge on any atom is 0.441 e. The maximum atomic E-state index is 11.8. The highest BCUT2D eigenvalue weighted by atomic mass is 32.2. The van der Waals surface area contributed by atoms with Crippen molar-refractivity contribution in [2.75, 3.05) is 25.4 Å². The molecule has 19 heavy (non-hydrogen) atoms. The van der Waals surface area contributed by atoms with E-state index in [1.807, 2.05) is 6.92 Å². The molecule has 0 aliphatic carbocycles. The van der Waals surface area contributed by atoms with Crippen molar-refractivity contribution in [1.82, 2.24) is 5.32 Å². The molecule has 0 saturated carbocycles. The van der Waals surface area contributed by atoms with E-state index >= 15 is 0 Å². The van der Waals surface area contributed by atoms with Gasteiger partial charge in [-0.15, -0.1) is 0 Å². The van der Waals surface area contributed by atoms with Gasteiger partial charge in [-0.2, -0.15) is 13.2 Å². The van der Waals surface area contributed by atoms with Gasteiger partial charge in [0.15, 0.2) is 0 Å². The summed E-state index contributed by atoms with van der Waals surface area (Å²) in [7, 11) is 0. The van der Waals surface area contributed by atoms with Gasteiger partial charge >= 0.3 is 5.51 Å². The summed E-state index contributed by atoms with van der Waals surface area (Å²) in [6.07, 6.45) is 0.309. The van der Waals surface area contributed by atoms with Crippen molar-refractivity contribution in [2.24, 2.45) is 5.92 Å². The molecule has 2 atom stereocenters. The third-order valence-corrected chi connectivity index (χ3v) is 3.04. The van der Waals surface area contributed by atoms with Crippen LogP contribution in [0.4, 0.5) is 13.2 Å². The highest BCUT2D eigenvalue weighted by Crippen LogP contribution is 2.29. The molecule has 0 aromatic rings. The molecule has 0 bridgehead atoms. The van der Waals surface area contributed by atoms with Crippen LogP contribution < -0.4 is 5.32 Å². The molecule has 0 spiro atoms. The Bertz CT molecular complexity index is 228. The number of aliphatic hydroxyl groups is 1. The number of alkyl halides is 3. The van der Waals surface area contributed by atoms with Crippen molar-refractivity contribution >= 4 is 11.8 Å². The van der Waals surface area contributed by atoms with Crippen molar-refractivity contribution in [3.63, 3.8) is 0 Å². The molecular weight excluding hydrogens is 279 g/mol. The number of hydrogen-bond acceptors (Lipinski definition) is 4. The molecule has 0 rings (SSSR count). The first kappa shape index (κ1) is 19.0. The fraction of sp³-hybridized carbons (Fsp3) is 1.00. The first-order valence-electron chi connectivity index (χ1n) is 6.41. The number of thioether (sulfide) groups is 1. The maximum absolute atomic E-state index is 11.8. The van der Waals surface area contributed by atoms with Crippen LogP contribution in [-0.2, 0) is 4.74 Å². The van der Waals surface area contributed by atoms with Gasteiger partial charge in [0.25, 0.3) is 0 Å². The van der Waals surface area contributed by atoms with E-state index in [1.54, 1.807) is 0 Å². The summed E-state index contributed by atoms with van der Waals surface area (Å²) < 4.78 is 40.9. The molecular formula is C12H24F3NO2S. The minimum atomic E-state index is -4.18. The Labute approximate surface area is 117 Å². The summed E-state index contributed by atoms with van der Waals surface area (Å²) in [5.41, 5.74) is -4.18. The van der Waals surface area contributed by atoms with E-state index in [-0.39, 0.29) is 43.3 Å². The topological polar surface area (TPSA) is 41.5 Å². The average Bonchev–Trinajstić information content (AvgIpc) is 2.23. The number of ether oxygens (including phenoxy) is 1. The summed E-state index contributed by atoms with van der Waals surface area (Å²) in [5.74, 6) is 0.477. The minimum absolute atomic E-state index is 0.0547. The molecule has 0 saturated heterocycles. The molecule has 0 amide bonds. The molecule has 0 radical (unpaired) electrons. The standard InChI is InChI=1S/C12H24F3NO2S/c1-9(2)6-10(3)18-8-11(17)7-16-4-5-19-12(13,14)15/h9-11,16-17H,4-8H2,1-3H3. The quantitative estimate of drug-likeness (QED) is 0.609. The van der Waals surface area contributed by atoms with Crippen molar-refractivity contribution in [2.45, 2.75) is 44.9 Å². The minimum Gasteiger partial charge on any atom is -0.389 e. The predicted octanol–water partition coefficient (Wildman–Crippen LogP) is 2.64. The van der Waals surface area contributed by atoms with Crippen LogP contribution in [-0.4, -0.2) is 48.3 Å². The Balaban J connectivity index is 3.47. The Kier molecular flexibility index (Phi) is 9.86. The van der Waals surface area contributed by atoms with Crippen LogP contribution in [0.1, 0.15) is 27.2 Å². The lowest BCUT2D eigenvalue weighted by molar-refractivity contribution is -0.0328. The van der Waals surface area contributed by atoms with Crippen molar-refractivity contribution < 1.29 is 23.0 Å². The lowest BCUT2D eigenvalue weighted by Crippen LogP contribution is -2.33. The smallest absolute Gasteiger partial charge is 0.389 e. The van der Waals surface area contributed by atoms with Gasteiger partial charge in [0.05, 0.1) is 18.8 Å². The molecule has 2 unspecified atom stereocenters. The van der Waals surface area contributed by atoms with Gasteiger partial charge < -0.3 is 15.2 Å². The Morgan fingerprint density at radius 1 is 1.26 bits per heavy atom. The molecule has 116 valence electrons. The molecule has 0 aromatic carbocycles. The van der Waals surface area contributed by atoms with E-state index in [1.165, 1.54) is 0 Å². The molecule has 0 aromatic heterocycles. The van der Waals surface area contributed by atoms with Crippen molar-refractivity contribution in [3.8, 4) is 0 Å². The predicted molar refractivity (Wildman–Crippen MR) is 72.3 cm³/mol. The van der Waals surface area contributed by atoms with E-state index in [2.05, 4.69) is 19.2 Å². The highest BCUT2D eigenvalue weighted by Gasteiger charge is 2.27. The fourth-order valence-electron chi connectivity index (χ4n) is 1.57. The molecule has 3 nitrogen and oxygen atoms in total. The van der Waals surface area contributed by atoms with Gasteiger partial charge in [-0.25, -0.2) is 0 Å². The number of halogens is 3. The lowest BCUT2D eigenvalue weighted by atomic mass is 10.1. The largest absolute Gasteiger partial charge is 0.441 e. The molecule has 0 aliphatic rings. The van der Waals surface area contributed by atoms with E-state index in [0.717, 1.165) is 6.42 Å². The number of hydrogen-bond donors (Lipinski definition) is 2. The van der Waals surface area contributed by atoms with Gasteiger partial charge in [-0.1, -0.05) is 13.8 Å². The molecule has 0 heterocycles. The van der Waals surface area contributed by atoms with Crippen molar-refractivity contribution in [3.05, 3.63) is 0 Å². The zero-order valence-electron chi connectivity index (χ0n) is 11.7. The summed E-state index contributed by atoms with van der Waals surface area (Å²) in [5, 5.41) is 12.3. The van der Waals surface area contributed by atoms with Crippen LogP contribution in [0.2, 0.25) is 0 Å². The molecule has 0 aliphatic heterocycles. The van der Waals surface area contributed by atoms with Crippen LogP contribution >= 0.6 is 11.8 Å². The molecule has 7 heteroatoms. The SMILES string of the molecule is CC(C)CC(C)OCC(O)CNCCSC(F)(F)F. The van der Waals surface area contributed by atoms with Crippen LogP contribution in [0.25, 0.3) is 0 Å². The van der Waals surface area contributed by atoms with Crippen molar-refractivity contribution in [1.29, 1.82) is 0 Å². The second-order valence-electron chi connectivity index (χ2n) is 4.93. The normalized spacial score (nSPS) is 15.8. The zero-order valence-corrected chi connectivity index (χ0v) is 12.5. The number of rotatable bonds is 10. The van der Waals surface area contributed by atoms with Crippen LogP contribution in [0.5, 0.6) is 0 Å². The van der Waals surface area contributed by atoms with E-state index in [9.17, 15) is 18.3 Å². The Hall–Kier alpha value is 0.0200. The van der Waals surface area contributed by atoms with E-state index in [4.69, 9.17) is 4.74 Å². The third-order valence-electron chi connectivity index (χ3n) is 2.30. The summed E-state index contributed by atoms with van der Waals surface area (Å²) in [4.78, 5) is 0. The molecule has 0 fully saturated rings. The Morgan fingerprint density at radius 3 is 2.42 bits per heavy atom. The highest BCUT2D eigenvalue weighted by molar-refractivity contribution is 8.00. The summed E-state index contributed by atoms with van der Waals surface area (Å²) in [6, 6.07) is 0. The van der Waals surface area contributed by atoms with Gasteiger partial charge in [0, 0.05) is 18.8 Å². The molecule has 2 N–H and O–H groups in total. The zero-order chi connectivity index (χ0) is 14.9. The van der Waals surface area contributed by atoms with Gasteiger partial charge in [-0.3, -0.25) is 0 Å². The summed E-state index contributed by atoms with van der Waals surface area (Å²) in [6.45, 7) is 6.79. The Morgan fingerprint density at radius 2 is 1.89 bits per heavy atom. The second-order valence-corrected chi connectivity index (χ2v) is 6.09. The van der Waals surface area contributed by atoms with Gasteiger partial charge in [-0.05, 0) is 31.0 Å². The third kappa shape index (κ3) is 14.2. The van der Waals surface area contributed by atoms with Crippen LogP contribution in [0.3, 0.4) is 0 Å². The van der Waals surface area contributed by atoms with Crippen LogP contribution in [0, 0.1) is 5.92 Å². The summed E-state index contributed by atoms with van der Waals surface area (Å²) >= 11 is -0.0651. The monoisotopic (exact) mass is 303 g/mol. The average molecular weight is 303 g/mol. The van der Waals surface area contributed by atoms with Gasteiger partial charge in [0.1, 0.15) is 0 Å². The fourth-order valence-corrected chi connectivity index (χ4v) is 2.05. The van der Waals surface area contributed by atoms with Gasteiger partial charge in [0.2, 0.25) is 0 Å². The number of aliphatic hydroxyl groups excluding tert-OH is 1. The second kappa shape index (κ2) is 9.85. The first-order chi connectivity index (χ1) is 8.70. The first-order valence-corrected chi connectivity index (χ1v) is 7.40. The number of nitrogens with one attached hydrogen (secondary N) is 1. The van der Waals surface area contributed by atoms with E-state index in [0.29, 0.717) is 5.92 Å².